The van der Waals surface area contributed by atoms with E-state index in [1.165, 1.54) is 24.3 Å². The molecule has 23 heavy (non-hydrogen) atoms. The van der Waals surface area contributed by atoms with Crippen LogP contribution in [0, 0.1) is 0 Å². The minimum atomic E-state index is -1.09. The number of halogens is 1. The summed E-state index contributed by atoms with van der Waals surface area (Å²) in [5, 5.41) is 12.4. The molecule has 0 unspecified atom stereocenters. The van der Waals surface area contributed by atoms with Gasteiger partial charge in [-0.05, 0) is 41.8 Å². The molecule has 1 aliphatic rings. The second-order valence-electron chi connectivity index (χ2n) is 5.47. The van der Waals surface area contributed by atoms with Crippen molar-refractivity contribution in [1.82, 2.24) is 0 Å². The number of rotatable bonds is 5. The molecule has 0 aromatic heterocycles. The van der Waals surface area contributed by atoms with Crippen molar-refractivity contribution in [1.29, 1.82) is 0 Å². The number of carbonyl (C=O) groups is 3. The molecular weight excluding hydrogens is 318 g/mol. The van der Waals surface area contributed by atoms with Crippen molar-refractivity contribution in [3.05, 3.63) is 52.1 Å². The average molecular weight is 334 g/mol. The second kappa shape index (κ2) is 6.79. The van der Waals surface area contributed by atoms with Crippen LogP contribution in [-0.4, -0.2) is 29.2 Å². The molecule has 0 atom stereocenters. The number of ketones is 2. The lowest BCUT2D eigenvalue weighted by molar-refractivity contribution is -0.114. The van der Waals surface area contributed by atoms with Crippen molar-refractivity contribution < 1.29 is 19.5 Å². The van der Waals surface area contributed by atoms with Gasteiger partial charge in [-0.15, -0.1) is 0 Å². The number of nitrogens with one attached hydrogen (secondary N) is 1. The highest BCUT2D eigenvalue weighted by molar-refractivity contribution is 6.34. The van der Waals surface area contributed by atoms with E-state index < -0.39 is 5.97 Å². The molecule has 2 N–H and O–H groups in total. The van der Waals surface area contributed by atoms with Gasteiger partial charge in [-0.25, -0.2) is 4.79 Å². The van der Waals surface area contributed by atoms with Crippen molar-refractivity contribution in [3.63, 3.8) is 0 Å². The molecule has 0 spiro atoms. The molecule has 0 saturated carbocycles. The summed E-state index contributed by atoms with van der Waals surface area (Å²) in [7, 11) is 0. The van der Waals surface area contributed by atoms with Crippen LogP contribution < -0.4 is 5.32 Å². The van der Waals surface area contributed by atoms with Crippen molar-refractivity contribution in [2.45, 2.75) is 19.8 Å². The van der Waals surface area contributed by atoms with E-state index in [0.29, 0.717) is 16.8 Å². The zero-order chi connectivity index (χ0) is 17.1. The van der Waals surface area contributed by atoms with Crippen molar-refractivity contribution in [2.24, 2.45) is 0 Å². The highest BCUT2D eigenvalue weighted by Crippen LogP contribution is 2.34. The lowest BCUT2D eigenvalue weighted by Crippen LogP contribution is -2.17. The van der Waals surface area contributed by atoms with E-state index in [1.807, 2.05) is 13.8 Å². The third-order valence-corrected chi connectivity index (χ3v) is 3.90. The van der Waals surface area contributed by atoms with Crippen LogP contribution in [0.2, 0.25) is 5.02 Å². The quantitative estimate of drug-likeness (QED) is 0.808. The number of carboxylic acids is 1. The first-order valence-corrected chi connectivity index (χ1v) is 7.45. The standard InChI is InChI=1S/C17H16ClNO4/c1-9(2)15-13(5-4-12(16(15)18)17(22)23)19-8-10-7-11(20)3-6-14(10)21/h3-7,9,19H,8H2,1-2H3,(H,22,23). The van der Waals surface area contributed by atoms with Gasteiger partial charge in [0.1, 0.15) is 0 Å². The SMILES string of the molecule is CC(C)c1c(NCC2=CC(=O)C=CC2=O)ccc(C(=O)O)c1Cl. The maximum absolute atomic E-state index is 11.7. The molecule has 0 radical (unpaired) electrons. The smallest absolute Gasteiger partial charge is 0.337 e. The first kappa shape index (κ1) is 17.0. The molecule has 1 aromatic carbocycles. The van der Waals surface area contributed by atoms with Gasteiger partial charge in [-0.3, -0.25) is 9.59 Å². The number of hydrogen-bond acceptors (Lipinski definition) is 4. The monoisotopic (exact) mass is 333 g/mol. The predicted octanol–water partition coefficient (Wildman–Crippen LogP) is 3.21. The number of carboxylic acid groups (broad SMARTS) is 1. The van der Waals surface area contributed by atoms with Gasteiger partial charge in [0, 0.05) is 17.8 Å². The number of hydrogen-bond donors (Lipinski definition) is 2. The van der Waals surface area contributed by atoms with E-state index in [1.54, 1.807) is 6.07 Å². The van der Waals surface area contributed by atoms with Crippen LogP contribution in [0.1, 0.15) is 35.7 Å². The zero-order valence-electron chi connectivity index (χ0n) is 12.7. The van der Waals surface area contributed by atoms with Crippen molar-refractivity contribution in [3.8, 4) is 0 Å². The average Bonchev–Trinajstić information content (AvgIpc) is 2.47. The summed E-state index contributed by atoms with van der Waals surface area (Å²) < 4.78 is 0. The summed E-state index contributed by atoms with van der Waals surface area (Å²) in [5.74, 6) is -1.56. The molecule has 1 aromatic rings. The summed E-state index contributed by atoms with van der Waals surface area (Å²) >= 11 is 6.21. The van der Waals surface area contributed by atoms with E-state index in [2.05, 4.69) is 5.32 Å². The zero-order valence-corrected chi connectivity index (χ0v) is 13.5. The molecule has 0 fully saturated rings. The summed E-state index contributed by atoms with van der Waals surface area (Å²) in [6.45, 7) is 3.96. The van der Waals surface area contributed by atoms with E-state index in [4.69, 9.17) is 16.7 Å². The molecule has 0 saturated heterocycles. The predicted molar refractivity (Wildman–Crippen MR) is 88.2 cm³/mol. The van der Waals surface area contributed by atoms with Gasteiger partial charge < -0.3 is 10.4 Å². The summed E-state index contributed by atoms with van der Waals surface area (Å²) in [4.78, 5) is 34.3. The number of benzene rings is 1. The van der Waals surface area contributed by atoms with Gasteiger partial charge >= 0.3 is 5.97 Å². The molecule has 0 amide bonds. The van der Waals surface area contributed by atoms with Crippen LogP contribution in [0.25, 0.3) is 0 Å². The Morgan fingerprint density at radius 1 is 1.26 bits per heavy atom. The van der Waals surface area contributed by atoms with Crippen LogP contribution in [-0.2, 0) is 9.59 Å². The molecule has 1 aliphatic carbocycles. The van der Waals surface area contributed by atoms with Gasteiger partial charge in [0.25, 0.3) is 0 Å². The molecule has 0 heterocycles. The van der Waals surface area contributed by atoms with Gasteiger partial charge in [-0.1, -0.05) is 25.4 Å². The summed E-state index contributed by atoms with van der Waals surface area (Å²) in [6.07, 6.45) is 3.75. The van der Waals surface area contributed by atoms with Crippen molar-refractivity contribution in [2.75, 3.05) is 11.9 Å². The van der Waals surface area contributed by atoms with Gasteiger partial charge in [0.05, 0.1) is 10.6 Å². The third kappa shape index (κ3) is 3.68. The minimum Gasteiger partial charge on any atom is -0.478 e. The molecule has 5 nitrogen and oxygen atoms in total. The molecule has 120 valence electrons. The number of allylic oxidation sites excluding steroid dienone is 3. The maximum atomic E-state index is 11.7. The van der Waals surface area contributed by atoms with Crippen molar-refractivity contribution >= 4 is 34.8 Å². The Labute approximate surface area is 138 Å². The minimum absolute atomic E-state index is 0.0122. The molecular formula is C17H16ClNO4. The maximum Gasteiger partial charge on any atom is 0.337 e. The Morgan fingerprint density at radius 2 is 1.96 bits per heavy atom. The van der Waals surface area contributed by atoms with Gasteiger partial charge in [0.2, 0.25) is 0 Å². The Bertz CT molecular complexity index is 747. The highest BCUT2D eigenvalue weighted by Gasteiger charge is 2.19. The van der Waals surface area contributed by atoms with Crippen LogP contribution in [0.3, 0.4) is 0 Å². The highest BCUT2D eigenvalue weighted by atomic mass is 35.5. The van der Waals surface area contributed by atoms with E-state index in [9.17, 15) is 14.4 Å². The Hall–Kier alpha value is -2.40. The van der Waals surface area contributed by atoms with E-state index >= 15 is 0 Å². The Morgan fingerprint density at radius 3 is 2.57 bits per heavy atom. The second-order valence-corrected chi connectivity index (χ2v) is 5.85. The van der Waals surface area contributed by atoms with Crippen LogP contribution >= 0.6 is 11.6 Å². The first-order chi connectivity index (χ1) is 10.8. The number of anilines is 1. The first-order valence-electron chi connectivity index (χ1n) is 7.07. The van der Waals surface area contributed by atoms with Crippen LogP contribution in [0.15, 0.2) is 35.9 Å². The van der Waals surface area contributed by atoms with E-state index in [0.717, 1.165) is 0 Å². The fourth-order valence-electron chi connectivity index (χ4n) is 2.36. The molecule has 0 aliphatic heterocycles. The fourth-order valence-corrected chi connectivity index (χ4v) is 2.82. The van der Waals surface area contributed by atoms with E-state index in [-0.39, 0.29) is 34.6 Å². The third-order valence-electron chi connectivity index (χ3n) is 3.49. The normalized spacial score (nSPS) is 14.2. The van der Waals surface area contributed by atoms with Crippen LogP contribution in [0.5, 0.6) is 0 Å². The summed E-state index contributed by atoms with van der Waals surface area (Å²) in [5.41, 5.74) is 1.70. The topological polar surface area (TPSA) is 83.5 Å². The lowest BCUT2D eigenvalue weighted by Gasteiger charge is -2.18. The van der Waals surface area contributed by atoms with Gasteiger partial charge in [0.15, 0.2) is 11.6 Å². The van der Waals surface area contributed by atoms with Gasteiger partial charge in [-0.2, -0.15) is 0 Å². The Kier molecular flexibility index (Phi) is 5.01. The molecule has 2 rings (SSSR count). The summed E-state index contributed by atoms with van der Waals surface area (Å²) in [6, 6.07) is 3.04. The fraction of sp³-hybridized carbons (Fsp3) is 0.235. The largest absolute Gasteiger partial charge is 0.478 e. The lowest BCUT2D eigenvalue weighted by atomic mass is 9.97. The molecule has 0 bridgehead atoms. The number of carbonyl (C=O) groups excluding carboxylic acids is 2. The molecule has 6 heteroatoms. The Balaban J connectivity index is 2.30. The number of aromatic carboxylic acids is 1. The van der Waals surface area contributed by atoms with Crippen LogP contribution in [0.4, 0.5) is 5.69 Å².